The van der Waals surface area contributed by atoms with Gasteiger partial charge in [0, 0.05) is 25.1 Å². The van der Waals surface area contributed by atoms with Gasteiger partial charge in [-0.3, -0.25) is 14.7 Å². The van der Waals surface area contributed by atoms with Gasteiger partial charge in [0.2, 0.25) is 0 Å². The summed E-state index contributed by atoms with van der Waals surface area (Å²) in [6.07, 6.45) is 3.17. The Morgan fingerprint density at radius 3 is 2.93 bits per heavy atom. The van der Waals surface area contributed by atoms with E-state index in [2.05, 4.69) is 20.2 Å². The number of benzene rings is 1. The van der Waals surface area contributed by atoms with Crippen molar-refractivity contribution in [2.75, 3.05) is 13.1 Å². The molecule has 1 aliphatic heterocycles. The highest BCUT2D eigenvalue weighted by atomic mass is 16.5. The highest BCUT2D eigenvalue weighted by Gasteiger charge is 2.27. The predicted molar refractivity (Wildman–Crippen MR) is 102 cm³/mol. The zero-order valence-corrected chi connectivity index (χ0v) is 15.3. The summed E-state index contributed by atoms with van der Waals surface area (Å²) in [5, 5.41) is 7.01. The minimum Gasteiger partial charge on any atom is -0.487 e. The van der Waals surface area contributed by atoms with Gasteiger partial charge in [0.25, 0.3) is 11.5 Å². The van der Waals surface area contributed by atoms with E-state index in [1.165, 1.54) is 12.4 Å². The topological polar surface area (TPSA) is 104 Å². The van der Waals surface area contributed by atoms with Gasteiger partial charge < -0.3 is 14.6 Å². The molecule has 1 saturated heterocycles. The molecule has 1 amide bonds. The van der Waals surface area contributed by atoms with Crippen LogP contribution in [-0.4, -0.2) is 44.1 Å². The number of aromatic nitrogens is 4. The van der Waals surface area contributed by atoms with Crippen molar-refractivity contribution >= 4 is 5.91 Å². The number of piperidine rings is 1. The number of carbonyl (C=O) groups excluding carboxylic acids is 1. The molecule has 2 aromatic heterocycles. The van der Waals surface area contributed by atoms with Gasteiger partial charge in [-0.25, -0.2) is 4.98 Å². The summed E-state index contributed by atoms with van der Waals surface area (Å²) in [6, 6.07) is 12.7. The van der Waals surface area contributed by atoms with Gasteiger partial charge in [-0.2, -0.15) is 5.10 Å². The molecular weight excluding hydrogens is 358 g/mol. The van der Waals surface area contributed by atoms with Gasteiger partial charge in [0.1, 0.15) is 12.4 Å². The van der Waals surface area contributed by atoms with E-state index in [1.807, 2.05) is 30.3 Å². The van der Waals surface area contributed by atoms with E-state index in [4.69, 9.17) is 4.74 Å². The zero-order chi connectivity index (χ0) is 19.3. The quantitative estimate of drug-likeness (QED) is 0.706. The second kappa shape index (κ2) is 8.08. The van der Waals surface area contributed by atoms with Crippen LogP contribution in [0, 0.1) is 0 Å². The van der Waals surface area contributed by atoms with Crippen molar-refractivity contribution < 1.29 is 9.53 Å². The Morgan fingerprint density at radius 2 is 2.11 bits per heavy atom. The van der Waals surface area contributed by atoms with Crippen LogP contribution in [-0.2, 0) is 6.61 Å². The van der Waals surface area contributed by atoms with Crippen LogP contribution < -0.4 is 10.3 Å². The number of nitrogens with one attached hydrogen (secondary N) is 2. The van der Waals surface area contributed by atoms with Crippen LogP contribution in [0.2, 0.25) is 0 Å². The van der Waals surface area contributed by atoms with Gasteiger partial charge in [0.05, 0.1) is 17.7 Å². The molecule has 1 atom stereocenters. The smallest absolute Gasteiger partial charge is 0.274 e. The van der Waals surface area contributed by atoms with Crippen molar-refractivity contribution in [3.05, 3.63) is 76.2 Å². The van der Waals surface area contributed by atoms with Crippen molar-refractivity contribution in [2.45, 2.75) is 25.4 Å². The number of carbonyl (C=O) groups is 1. The summed E-state index contributed by atoms with van der Waals surface area (Å²) >= 11 is 0. The lowest BCUT2D eigenvalue weighted by Gasteiger charge is -2.31. The van der Waals surface area contributed by atoms with Crippen molar-refractivity contribution in [3.63, 3.8) is 0 Å². The van der Waals surface area contributed by atoms with Crippen LogP contribution in [0.5, 0.6) is 5.75 Å². The number of hydrogen-bond acceptors (Lipinski definition) is 5. The Labute approximate surface area is 161 Å². The van der Waals surface area contributed by atoms with Crippen LogP contribution in [0.15, 0.2) is 53.6 Å². The molecule has 1 fully saturated rings. The van der Waals surface area contributed by atoms with E-state index in [0.29, 0.717) is 25.4 Å². The third kappa shape index (κ3) is 4.11. The Bertz CT molecular complexity index is 998. The lowest BCUT2D eigenvalue weighted by molar-refractivity contribution is 0.0700. The van der Waals surface area contributed by atoms with Crippen LogP contribution in [0.1, 0.15) is 40.6 Å². The fourth-order valence-corrected chi connectivity index (χ4v) is 3.39. The Hall–Kier alpha value is -3.42. The fourth-order valence-electron chi connectivity index (χ4n) is 3.39. The van der Waals surface area contributed by atoms with Crippen LogP contribution in [0.4, 0.5) is 0 Å². The monoisotopic (exact) mass is 379 g/mol. The third-order valence-electron chi connectivity index (χ3n) is 4.81. The molecule has 8 heteroatoms. The third-order valence-corrected chi connectivity index (χ3v) is 4.81. The zero-order valence-electron chi connectivity index (χ0n) is 15.3. The first-order valence-electron chi connectivity index (χ1n) is 9.25. The SMILES string of the molecule is O=C(c1cc(COc2ccccc2)[nH]n1)N1CCC[C@@H](c2cc(=O)[nH]cn2)C1. The van der Waals surface area contributed by atoms with Gasteiger partial charge in [-0.1, -0.05) is 18.2 Å². The van der Waals surface area contributed by atoms with Crippen molar-refractivity contribution in [2.24, 2.45) is 0 Å². The molecule has 3 aromatic rings. The minimum atomic E-state index is -0.177. The number of H-pyrrole nitrogens is 2. The van der Waals surface area contributed by atoms with Crippen LogP contribution in [0.25, 0.3) is 0 Å². The maximum absolute atomic E-state index is 12.8. The summed E-state index contributed by atoms with van der Waals surface area (Å²) in [4.78, 5) is 32.9. The minimum absolute atomic E-state index is 0.0554. The summed E-state index contributed by atoms with van der Waals surface area (Å²) in [5.74, 6) is 0.686. The number of para-hydroxylation sites is 1. The molecule has 0 aliphatic carbocycles. The highest BCUT2D eigenvalue weighted by molar-refractivity contribution is 5.92. The second-order valence-corrected chi connectivity index (χ2v) is 6.81. The number of rotatable bonds is 5. The van der Waals surface area contributed by atoms with Gasteiger partial charge >= 0.3 is 0 Å². The average molecular weight is 379 g/mol. The van der Waals surface area contributed by atoms with E-state index in [0.717, 1.165) is 30.0 Å². The van der Waals surface area contributed by atoms with E-state index < -0.39 is 0 Å². The molecule has 4 rings (SSSR count). The van der Waals surface area contributed by atoms with Crippen LogP contribution >= 0.6 is 0 Å². The Morgan fingerprint density at radius 1 is 1.25 bits per heavy atom. The van der Waals surface area contributed by atoms with Crippen molar-refractivity contribution in [1.29, 1.82) is 0 Å². The number of nitrogens with zero attached hydrogens (tertiary/aromatic N) is 3. The lowest BCUT2D eigenvalue weighted by Crippen LogP contribution is -2.39. The average Bonchev–Trinajstić information content (AvgIpc) is 3.22. The molecule has 144 valence electrons. The van der Waals surface area contributed by atoms with Crippen molar-refractivity contribution in [3.8, 4) is 5.75 Å². The summed E-state index contributed by atoms with van der Waals surface area (Å²) in [7, 11) is 0. The number of hydrogen-bond donors (Lipinski definition) is 2. The standard InChI is InChI=1S/C20H21N5O3/c26-19-10-17(21-13-22-19)14-5-4-8-25(11-14)20(27)18-9-15(23-24-18)12-28-16-6-2-1-3-7-16/h1-3,6-7,9-10,13-14H,4-5,8,11-12H2,(H,23,24)(H,21,22,26)/t14-/m1/s1. The number of amides is 1. The molecule has 0 spiro atoms. The highest BCUT2D eigenvalue weighted by Crippen LogP contribution is 2.25. The van der Waals surface area contributed by atoms with Gasteiger partial charge in [0.15, 0.2) is 5.69 Å². The normalized spacial score (nSPS) is 16.7. The predicted octanol–water partition coefficient (Wildman–Crippen LogP) is 2.09. The second-order valence-electron chi connectivity index (χ2n) is 6.81. The molecule has 28 heavy (non-hydrogen) atoms. The maximum Gasteiger partial charge on any atom is 0.274 e. The molecule has 0 radical (unpaired) electrons. The Kier molecular flexibility index (Phi) is 5.18. The largest absolute Gasteiger partial charge is 0.487 e. The summed E-state index contributed by atoms with van der Waals surface area (Å²) < 4.78 is 5.68. The molecule has 2 N–H and O–H groups in total. The summed E-state index contributed by atoms with van der Waals surface area (Å²) in [6.45, 7) is 1.50. The van der Waals surface area contributed by atoms with E-state index in [1.54, 1.807) is 11.0 Å². The van der Waals surface area contributed by atoms with Crippen molar-refractivity contribution in [1.82, 2.24) is 25.1 Å². The van der Waals surface area contributed by atoms with Gasteiger partial charge in [-0.15, -0.1) is 0 Å². The molecule has 1 aliphatic rings. The Balaban J connectivity index is 1.40. The first-order valence-corrected chi connectivity index (χ1v) is 9.25. The molecule has 1 aromatic carbocycles. The maximum atomic E-state index is 12.8. The van der Waals surface area contributed by atoms with E-state index >= 15 is 0 Å². The first-order chi connectivity index (χ1) is 13.7. The fraction of sp³-hybridized carbons (Fsp3) is 0.300. The molecule has 8 nitrogen and oxygen atoms in total. The summed E-state index contributed by atoms with van der Waals surface area (Å²) in [5.41, 5.74) is 1.65. The molecule has 3 heterocycles. The number of likely N-dealkylation sites (tertiary alicyclic amines) is 1. The number of ether oxygens (including phenoxy) is 1. The first kappa shape index (κ1) is 18.0. The lowest BCUT2D eigenvalue weighted by atomic mass is 9.94. The molecule has 0 saturated carbocycles. The van der Waals surface area contributed by atoms with E-state index in [-0.39, 0.29) is 17.4 Å². The molecule has 0 bridgehead atoms. The molecular formula is C20H21N5O3. The number of aromatic amines is 2. The van der Waals surface area contributed by atoms with Gasteiger partial charge in [-0.05, 0) is 31.0 Å². The molecule has 0 unspecified atom stereocenters. The van der Waals surface area contributed by atoms with E-state index in [9.17, 15) is 9.59 Å². The van der Waals surface area contributed by atoms with Crippen LogP contribution in [0.3, 0.4) is 0 Å².